The summed E-state index contributed by atoms with van der Waals surface area (Å²) in [4.78, 5) is 10.1. The average Bonchev–Trinajstić information content (AvgIpc) is 2.37. The van der Waals surface area contributed by atoms with Crippen LogP contribution in [0.2, 0.25) is 0 Å². The molecule has 8 heteroatoms. The van der Waals surface area contributed by atoms with Gasteiger partial charge in [-0.3, -0.25) is 10.1 Å². The van der Waals surface area contributed by atoms with Crippen LogP contribution in [0, 0.1) is 16.0 Å². The molecule has 0 spiro atoms. The molecular formula is C11H14ClNO5S. The molecule has 0 amide bonds. The van der Waals surface area contributed by atoms with E-state index in [1.165, 1.54) is 13.2 Å². The van der Waals surface area contributed by atoms with E-state index in [4.69, 9.17) is 16.3 Å². The third kappa shape index (κ3) is 3.81. The second-order valence-corrected chi connectivity index (χ2v) is 6.47. The van der Waals surface area contributed by atoms with Gasteiger partial charge in [0.2, 0.25) is 0 Å². The van der Waals surface area contributed by atoms with Crippen LogP contribution in [0.15, 0.2) is 23.1 Å². The molecule has 0 aromatic heterocycles. The molecule has 6 nitrogen and oxygen atoms in total. The van der Waals surface area contributed by atoms with Crippen molar-refractivity contribution < 1.29 is 18.1 Å². The van der Waals surface area contributed by atoms with Crippen molar-refractivity contribution in [1.82, 2.24) is 0 Å². The van der Waals surface area contributed by atoms with Crippen molar-refractivity contribution in [2.75, 3.05) is 18.7 Å². The Kier molecular flexibility index (Phi) is 5.13. The quantitative estimate of drug-likeness (QED) is 0.457. The molecule has 19 heavy (non-hydrogen) atoms. The van der Waals surface area contributed by atoms with Crippen LogP contribution in [0.3, 0.4) is 0 Å². The molecule has 1 unspecified atom stereocenters. The Morgan fingerprint density at radius 1 is 1.47 bits per heavy atom. The summed E-state index contributed by atoms with van der Waals surface area (Å²) in [6.45, 7) is 1.72. The first-order chi connectivity index (χ1) is 8.81. The van der Waals surface area contributed by atoms with Gasteiger partial charge in [0, 0.05) is 18.0 Å². The maximum atomic E-state index is 12.1. The number of ether oxygens (including phenoxy) is 1. The first kappa shape index (κ1) is 15.7. The van der Waals surface area contributed by atoms with E-state index in [1.807, 2.05) is 0 Å². The molecule has 0 N–H and O–H groups in total. The zero-order valence-corrected chi connectivity index (χ0v) is 12.1. The highest BCUT2D eigenvalue weighted by Gasteiger charge is 2.22. The largest absolute Gasteiger partial charge is 0.490 e. The highest BCUT2D eigenvalue weighted by molar-refractivity contribution is 7.91. The lowest BCUT2D eigenvalue weighted by Gasteiger charge is -2.10. The number of nitro groups is 1. The van der Waals surface area contributed by atoms with Crippen molar-refractivity contribution in [3.05, 3.63) is 28.3 Å². The normalized spacial score (nSPS) is 13.0. The number of rotatable bonds is 6. The second kappa shape index (κ2) is 6.21. The molecule has 0 aliphatic rings. The van der Waals surface area contributed by atoms with E-state index in [1.54, 1.807) is 6.92 Å². The number of methoxy groups -OCH3 is 1. The Morgan fingerprint density at radius 3 is 2.58 bits per heavy atom. The minimum Gasteiger partial charge on any atom is -0.490 e. The molecule has 0 radical (unpaired) electrons. The van der Waals surface area contributed by atoms with Gasteiger partial charge in [-0.15, -0.1) is 11.6 Å². The molecule has 0 aliphatic heterocycles. The number of sulfone groups is 1. The monoisotopic (exact) mass is 307 g/mol. The van der Waals surface area contributed by atoms with E-state index in [2.05, 4.69) is 0 Å². The molecule has 1 rings (SSSR count). The van der Waals surface area contributed by atoms with Crippen LogP contribution in [0.5, 0.6) is 5.75 Å². The number of halogens is 1. The fraction of sp³-hybridized carbons (Fsp3) is 0.455. The maximum Gasteiger partial charge on any atom is 0.310 e. The zero-order chi connectivity index (χ0) is 14.6. The molecule has 1 aromatic carbocycles. The highest BCUT2D eigenvalue weighted by atomic mass is 35.5. The van der Waals surface area contributed by atoms with Crippen LogP contribution < -0.4 is 4.74 Å². The maximum absolute atomic E-state index is 12.1. The SMILES string of the molecule is COc1cc(S(=O)(=O)CC(C)CCl)ccc1[N+](=O)[O-]. The summed E-state index contributed by atoms with van der Waals surface area (Å²) in [5.74, 6) is -0.168. The molecule has 0 bridgehead atoms. The Bertz CT molecular complexity index is 572. The van der Waals surface area contributed by atoms with Crippen molar-refractivity contribution in [3.63, 3.8) is 0 Å². The van der Waals surface area contributed by atoms with Crippen LogP contribution in [0.25, 0.3) is 0 Å². The van der Waals surface area contributed by atoms with Gasteiger partial charge in [-0.1, -0.05) is 6.92 Å². The Balaban J connectivity index is 3.19. The minimum absolute atomic E-state index is 0.00748. The molecule has 0 aliphatic carbocycles. The Labute approximate surface area is 116 Å². The lowest BCUT2D eigenvalue weighted by Crippen LogP contribution is -2.15. The predicted molar refractivity (Wildman–Crippen MR) is 71.6 cm³/mol. The summed E-state index contributed by atoms with van der Waals surface area (Å²) in [5.41, 5.74) is -0.271. The van der Waals surface area contributed by atoms with Crippen LogP contribution >= 0.6 is 11.6 Å². The van der Waals surface area contributed by atoms with Crippen LogP contribution in [0.4, 0.5) is 5.69 Å². The molecule has 0 fully saturated rings. The summed E-state index contributed by atoms with van der Waals surface area (Å²) in [7, 11) is -2.28. The van der Waals surface area contributed by atoms with Crippen molar-refractivity contribution in [2.24, 2.45) is 5.92 Å². The summed E-state index contributed by atoms with van der Waals surface area (Å²) in [5, 5.41) is 10.7. The van der Waals surface area contributed by atoms with Gasteiger partial charge in [0.05, 0.1) is 22.7 Å². The van der Waals surface area contributed by atoms with Gasteiger partial charge in [-0.25, -0.2) is 8.42 Å². The van der Waals surface area contributed by atoms with Gasteiger partial charge in [-0.2, -0.15) is 0 Å². The molecule has 106 valence electrons. The number of hydrogen-bond acceptors (Lipinski definition) is 5. The van der Waals surface area contributed by atoms with Gasteiger partial charge in [0.25, 0.3) is 0 Å². The third-order valence-corrected chi connectivity index (χ3v) is 4.98. The standard InChI is InChI=1S/C11H14ClNO5S/c1-8(6-12)7-19(16,17)9-3-4-10(13(14)15)11(5-9)18-2/h3-5,8H,6-7H2,1-2H3. The summed E-state index contributed by atoms with van der Waals surface area (Å²) in [6, 6.07) is 3.49. The number of benzene rings is 1. The van der Waals surface area contributed by atoms with Crippen molar-refractivity contribution >= 4 is 27.1 Å². The fourth-order valence-corrected chi connectivity index (χ4v) is 3.38. The Morgan fingerprint density at radius 2 is 2.11 bits per heavy atom. The first-order valence-corrected chi connectivity index (χ1v) is 7.61. The van der Waals surface area contributed by atoms with Crippen LogP contribution in [0.1, 0.15) is 6.92 Å². The topological polar surface area (TPSA) is 86.5 Å². The summed E-state index contributed by atoms with van der Waals surface area (Å²) >= 11 is 5.59. The van der Waals surface area contributed by atoms with Gasteiger partial charge in [0.1, 0.15) is 0 Å². The van der Waals surface area contributed by atoms with Gasteiger partial charge < -0.3 is 4.74 Å². The van der Waals surface area contributed by atoms with Gasteiger partial charge in [0.15, 0.2) is 15.6 Å². The van der Waals surface area contributed by atoms with Gasteiger partial charge >= 0.3 is 5.69 Å². The minimum atomic E-state index is -3.53. The van der Waals surface area contributed by atoms with E-state index in [0.29, 0.717) is 0 Å². The number of alkyl halides is 1. The first-order valence-electron chi connectivity index (χ1n) is 5.43. The number of nitrogens with zero attached hydrogens (tertiary/aromatic N) is 1. The third-order valence-electron chi connectivity index (χ3n) is 2.47. The molecule has 0 saturated carbocycles. The average molecular weight is 308 g/mol. The van der Waals surface area contributed by atoms with Crippen LogP contribution in [-0.4, -0.2) is 32.1 Å². The summed E-state index contributed by atoms with van der Waals surface area (Å²) in [6.07, 6.45) is 0. The predicted octanol–water partition coefficient (Wildman–Crippen LogP) is 2.25. The molecule has 0 saturated heterocycles. The number of nitro benzene ring substituents is 1. The Hall–Kier alpha value is -1.34. The van der Waals surface area contributed by atoms with E-state index >= 15 is 0 Å². The summed E-state index contributed by atoms with van der Waals surface area (Å²) < 4.78 is 29.0. The van der Waals surface area contributed by atoms with Crippen molar-refractivity contribution in [1.29, 1.82) is 0 Å². The lowest BCUT2D eigenvalue weighted by molar-refractivity contribution is -0.385. The van der Waals surface area contributed by atoms with E-state index in [0.717, 1.165) is 12.1 Å². The number of hydrogen-bond donors (Lipinski definition) is 0. The van der Waals surface area contributed by atoms with Crippen molar-refractivity contribution in [3.8, 4) is 5.75 Å². The highest BCUT2D eigenvalue weighted by Crippen LogP contribution is 2.30. The molecule has 0 heterocycles. The van der Waals surface area contributed by atoms with E-state index < -0.39 is 14.8 Å². The van der Waals surface area contributed by atoms with E-state index in [9.17, 15) is 18.5 Å². The second-order valence-electron chi connectivity index (χ2n) is 4.13. The lowest BCUT2D eigenvalue weighted by atomic mass is 10.3. The van der Waals surface area contributed by atoms with Gasteiger partial charge in [-0.05, 0) is 12.0 Å². The fourth-order valence-electron chi connectivity index (χ4n) is 1.52. The smallest absolute Gasteiger partial charge is 0.310 e. The van der Waals surface area contributed by atoms with Crippen molar-refractivity contribution in [2.45, 2.75) is 11.8 Å². The molecular weight excluding hydrogens is 294 g/mol. The molecule has 1 aromatic rings. The van der Waals surface area contributed by atoms with Crippen LogP contribution in [-0.2, 0) is 9.84 Å². The molecule has 1 atom stereocenters. The van der Waals surface area contributed by atoms with E-state index in [-0.39, 0.29) is 33.9 Å². The zero-order valence-electron chi connectivity index (χ0n) is 10.5.